The average Bonchev–Trinajstić information content (AvgIpc) is 1.82. The van der Waals surface area contributed by atoms with E-state index in [9.17, 15) is 0 Å². The molecule has 0 aromatic heterocycles. The molecule has 0 saturated carbocycles. The predicted octanol–water partition coefficient (Wildman–Crippen LogP) is -0.345. The molecule has 0 aliphatic carbocycles. The fourth-order valence-corrected chi connectivity index (χ4v) is 0.998. The van der Waals surface area contributed by atoms with Crippen molar-refractivity contribution in [1.82, 2.24) is 4.90 Å². The Hall–Kier alpha value is -1.06. The largest absolute Gasteiger partial charge is 0.386 e. The van der Waals surface area contributed by atoms with Crippen molar-refractivity contribution < 1.29 is 0 Å². The van der Waals surface area contributed by atoms with Gasteiger partial charge in [-0.2, -0.15) is 0 Å². The standard InChI is InChI=1S/C6H12N4/c1-4-6(8)10(2)3-5(7)9-4/h4,8H,3H2,1-2H3,(H2,7,9). The molecule has 0 aromatic rings. The minimum absolute atomic E-state index is 0.0706. The van der Waals surface area contributed by atoms with Crippen LogP contribution in [-0.4, -0.2) is 36.2 Å². The van der Waals surface area contributed by atoms with Crippen LogP contribution in [0.4, 0.5) is 0 Å². The third-order valence-corrected chi connectivity index (χ3v) is 1.57. The summed E-state index contributed by atoms with van der Waals surface area (Å²) in [5.41, 5.74) is 5.49. The molecule has 0 aromatic carbocycles. The maximum Gasteiger partial charge on any atom is 0.121 e. The molecule has 1 atom stereocenters. The summed E-state index contributed by atoms with van der Waals surface area (Å²) in [5, 5.41) is 7.45. The lowest BCUT2D eigenvalue weighted by molar-refractivity contribution is 0.530. The van der Waals surface area contributed by atoms with Crippen LogP contribution in [0.3, 0.4) is 0 Å². The summed E-state index contributed by atoms with van der Waals surface area (Å²) >= 11 is 0. The first-order valence-electron chi connectivity index (χ1n) is 3.23. The second-order valence-corrected chi connectivity index (χ2v) is 2.54. The van der Waals surface area contributed by atoms with Crippen LogP contribution in [0.15, 0.2) is 4.99 Å². The number of nitrogens with one attached hydrogen (secondary N) is 1. The minimum Gasteiger partial charge on any atom is -0.386 e. The summed E-state index contributed by atoms with van der Waals surface area (Å²) in [6, 6.07) is -0.0706. The van der Waals surface area contributed by atoms with Gasteiger partial charge in [-0.1, -0.05) is 0 Å². The van der Waals surface area contributed by atoms with E-state index in [-0.39, 0.29) is 6.04 Å². The van der Waals surface area contributed by atoms with E-state index in [1.807, 2.05) is 14.0 Å². The summed E-state index contributed by atoms with van der Waals surface area (Å²) < 4.78 is 0. The monoisotopic (exact) mass is 140 g/mol. The first-order valence-corrected chi connectivity index (χ1v) is 3.23. The van der Waals surface area contributed by atoms with Crippen LogP contribution in [0.1, 0.15) is 6.92 Å². The van der Waals surface area contributed by atoms with Crippen LogP contribution in [0.2, 0.25) is 0 Å². The zero-order valence-corrected chi connectivity index (χ0v) is 6.26. The molecular weight excluding hydrogens is 128 g/mol. The van der Waals surface area contributed by atoms with Gasteiger partial charge in [0.15, 0.2) is 0 Å². The molecule has 4 nitrogen and oxygen atoms in total. The number of nitrogens with zero attached hydrogens (tertiary/aromatic N) is 2. The van der Waals surface area contributed by atoms with E-state index in [1.165, 1.54) is 0 Å². The Morgan fingerprint density at radius 2 is 2.40 bits per heavy atom. The van der Waals surface area contributed by atoms with Crippen molar-refractivity contribution in [2.75, 3.05) is 13.6 Å². The van der Waals surface area contributed by atoms with E-state index < -0.39 is 0 Å². The predicted molar refractivity (Wildman–Crippen MR) is 41.4 cm³/mol. The van der Waals surface area contributed by atoms with E-state index in [0.717, 1.165) is 0 Å². The average molecular weight is 140 g/mol. The van der Waals surface area contributed by atoms with Crippen LogP contribution in [0, 0.1) is 5.41 Å². The Bertz CT molecular complexity index is 184. The highest BCUT2D eigenvalue weighted by Crippen LogP contribution is 2.02. The van der Waals surface area contributed by atoms with Crippen LogP contribution < -0.4 is 5.73 Å². The molecule has 0 radical (unpaired) electrons. The zero-order chi connectivity index (χ0) is 7.72. The van der Waals surface area contributed by atoms with E-state index in [4.69, 9.17) is 11.1 Å². The molecule has 1 rings (SSSR count). The number of likely N-dealkylation sites (N-methyl/N-ethyl adjacent to an activating group) is 1. The van der Waals surface area contributed by atoms with Crippen molar-refractivity contribution in [3.8, 4) is 0 Å². The number of amidine groups is 2. The lowest BCUT2D eigenvalue weighted by Gasteiger charge is -2.26. The molecule has 0 saturated heterocycles. The Balaban J connectivity index is 2.79. The number of hydrogen-bond acceptors (Lipinski definition) is 3. The molecule has 4 heteroatoms. The van der Waals surface area contributed by atoms with E-state index >= 15 is 0 Å². The molecule has 1 aliphatic heterocycles. The highest BCUT2D eigenvalue weighted by molar-refractivity contribution is 5.95. The van der Waals surface area contributed by atoms with Crippen LogP contribution in [0.5, 0.6) is 0 Å². The molecule has 1 aliphatic rings. The molecule has 1 unspecified atom stereocenters. The van der Waals surface area contributed by atoms with Gasteiger partial charge in [-0.3, -0.25) is 10.4 Å². The van der Waals surface area contributed by atoms with Gasteiger partial charge in [0.1, 0.15) is 17.7 Å². The minimum atomic E-state index is -0.0706. The maximum absolute atomic E-state index is 7.45. The molecule has 56 valence electrons. The summed E-state index contributed by atoms with van der Waals surface area (Å²) in [7, 11) is 1.85. The Kier molecular flexibility index (Phi) is 1.61. The Morgan fingerprint density at radius 1 is 1.80 bits per heavy atom. The second-order valence-electron chi connectivity index (χ2n) is 2.54. The molecule has 0 amide bonds. The van der Waals surface area contributed by atoms with Crippen LogP contribution in [0.25, 0.3) is 0 Å². The molecule has 3 N–H and O–H groups in total. The van der Waals surface area contributed by atoms with Gasteiger partial charge in [-0.15, -0.1) is 0 Å². The van der Waals surface area contributed by atoms with Crippen molar-refractivity contribution in [2.45, 2.75) is 13.0 Å². The molecular formula is C6H12N4. The third-order valence-electron chi connectivity index (χ3n) is 1.57. The number of hydrogen-bond donors (Lipinski definition) is 2. The van der Waals surface area contributed by atoms with Crippen molar-refractivity contribution in [2.24, 2.45) is 10.7 Å². The van der Waals surface area contributed by atoms with E-state index in [1.54, 1.807) is 4.90 Å². The smallest absolute Gasteiger partial charge is 0.121 e. The highest BCUT2D eigenvalue weighted by atomic mass is 15.2. The number of nitrogens with two attached hydrogens (primary N) is 1. The Morgan fingerprint density at radius 3 is 2.90 bits per heavy atom. The summed E-state index contributed by atoms with van der Waals surface area (Å²) in [6.45, 7) is 2.45. The van der Waals surface area contributed by atoms with Gasteiger partial charge in [-0.05, 0) is 6.92 Å². The van der Waals surface area contributed by atoms with Crippen molar-refractivity contribution >= 4 is 11.7 Å². The van der Waals surface area contributed by atoms with E-state index in [0.29, 0.717) is 18.2 Å². The fraction of sp³-hybridized carbons (Fsp3) is 0.667. The van der Waals surface area contributed by atoms with Gasteiger partial charge in [0, 0.05) is 7.05 Å². The first-order chi connectivity index (χ1) is 4.61. The lowest BCUT2D eigenvalue weighted by atomic mass is 10.2. The topological polar surface area (TPSA) is 65.5 Å². The summed E-state index contributed by atoms with van der Waals surface area (Å²) in [6.07, 6.45) is 0. The van der Waals surface area contributed by atoms with Gasteiger partial charge in [0.2, 0.25) is 0 Å². The van der Waals surface area contributed by atoms with Gasteiger partial charge in [0.25, 0.3) is 0 Å². The molecule has 10 heavy (non-hydrogen) atoms. The normalized spacial score (nSPS) is 26.6. The van der Waals surface area contributed by atoms with Crippen LogP contribution >= 0.6 is 0 Å². The van der Waals surface area contributed by atoms with Gasteiger partial charge < -0.3 is 10.6 Å². The fourth-order valence-electron chi connectivity index (χ4n) is 0.998. The van der Waals surface area contributed by atoms with Crippen molar-refractivity contribution in [1.29, 1.82) is 5.41 Å². The second kappa shape index (κ2) is 2.28. The summed E-state index contributed by atoms with van der Waals surface area (Å²) in [5.74, 6) is 1.15. The summed E-state index contributed by atoms with van der Waals surface area (Å²) in [4.78, 5) is 5.84. The highest BCUT2D eigenvalue weighted by Gasteiger charge is 2.18. The van der Waals surface area contributed by atoms with Gasteiger partial charge in [-0.25, -0.2) is 0 Å². The Labute approximate surface area is 60.2 Å². The third kappa shape index (κ3) is 1.10. The van der Waals surface area contributed by atoms with Gasteiger partial charge >= 0.3 is 0 Å². The molecule has 0 fully saturated rings. The quantitative estimate of drug-likeness (QED) is 0.483. The SMILES string of the molecule is CC1N=C(N)CN(C)C1=N. The first kappa shape index (κ1) is 7.05. The molecule has 1 heterocycles. The van der Waals surface area contributed by atoms with Gasteiger partial charge in [0.05, 0.1) is 6.54 Å². The van der Waals surface area contributed by atoms with E-state index in [2.05, 4.69) is 4.99 Å². The van der Waals surface area contributed by atoms with Crippen LogP contribution in [-0.2, 0) is 0 Å². The number of aliphatic imine (C=N–C) groups is 1. The lowest BCUT2D eigenvalue weighted by Crippen LogP contribution is -2.44. The molecule has 0 bridgehead atoms. The number of rotatable bonds is 0. The zero-order valence-electron chi connectivity index (χ0n) is 6.26. The van der Waals surface area contributed by atoms with Crippen molar-refractivity contribution in [3.05, 3.63) is 0 Å². The molecule has 0 spiro atoms. The van der Waals surface area contributed by atoms with Crippen molar-refractivity contribution in [3.63, 3.8) is 0 Å². The maximum atomic E-state index is 7.45.